The van der Waals surface area contributed by atoms with E-state index in [1.165, 1.54) is 5.56 Å². The molecule has 1 saturated heterocycles. The molecule has 4 rings (SSSR count). The van der Waals surface area contributed by atoms with Crippen molar-refractivity contribution in [2.45, 2.75) is 27.2 Å². The first-order valence-corrected chi connectivity index (χ1v) is 12.6. The maximum Gasteiger partial charge on any atom is 0.262 e. The molecule has 1 N–H and O–H groups in total. The van der Waals surface area contributed by atoms with Gasteiger partial charge in [-0.3, -0.25) is 9.59 Å². The van der Waals surface area contributed by atoms with Crippen LogP contribution in [0.15, 0.2) is 60.7 Å². The number of piperazine rings is 1. The summed E-state index contributed by atoms with van der Waals surface area (Å²) in [4.78, 5) is 29.4. The summed E-state index contributed by atoms with van der Waals surface area (Å²) in [6, 6.07) is 19.3. The van der Waals surface area contributed by atoms with E-state index in [1.54, 1.807) is 0 Å². The van der Waals surface area contributed by atoms with Crippen LogP contribution in [0.4, 0.5) is 11.4 Å². The first-order chi connectivity index (χ1) is 17.3. The largest absolute Gasteiger partial charge is 0.484 e. The van der Waals surface area contributed by atoms with Crippen LogP contribution >= 0.6 is 11.6 Å². The van der Waals surface area contributed by atoms with E-state index in [-0.39, 0.29) is 18.4 Å². The zero-order chi connectivity index (χ0) is 25.7. The maximum absolute atomic E-state index is 12.8. The van der Waals surface area contributed by atoms with Crippen molar-refractivity contribution < 1.29 is 14.3 Å². The Balaban J connectivity index is 1.26. The van der Waals surface area contributed by atoms with Crippen LogP contribution in [0, 0.1) is 13.8 Å². The van der Waals surface area contributed by atoms with Gasteiger partial charge in [0.1, 0.15) is 5.75 Å². The first kappa shape index (κ1) is 25.6. The van der Waals surface area contributed by atoms with Gasteiger partial charge in [0.05, 0.1) is 0 Å². The van der Waals surface area contributed by atoms with E-state index in [1.807, 2.05) is 79.4 Å². The topological polar surface area (TPSA) is 61.9 Å². The molecule has 3 aromatic carbocycles. The molecule has 1 heterocycles. The summed E-state index contributed by atoms with van der Waals surface area (Å²) in [6.45, 7) is 8.71. The Bertz CT molecular complexity index is 1190. The highest BCUT2D eigenvalue weighted by atomic mass is 35.5. The van der Waals surface area contributed by atoms with Crippen molar-refractivity contribution in [2.75, 3.05) is 43.0 Å². The number of carbonyl (C=O) groups excluding carboxylic acids is 2. The summed E-state index contributed by atoms with van der Waals surface area (Å²) in [5.41, 5.74) is 5.58. The van der Waals surface area contributed by atoms with Gasteiger partial charge in [0.25, 0.3) is 11.8 Å². The van der Waals surface area contributed by atoms with Gasteiger partial charge < -0.3 is 19.9 Å². The number of hydrogen-bond acceptors (Lipinski definition) is 4. The second-order valence-electron chi connectivity index (χ2n) is 9.08. The third-order valence-electron chi connectivity index (χ3n) is 6.47. The fourth-order valence-electron chi connectivity index (χ4n) is 4.32. The molecule has 0 radical (unpaired) electrons. The number of ether oxygens (including phenoxy) is 1. The molecule has 188 valence electrons. The molecule has 0 spiro atoms. The molecular formula is C29H32ClN3O3. The van der Waals surface area contributed by atoms with Crippen molar-refractivity contribution in [1.82, 2.24) is 4.90 Å². The molecule has 7 heteroatoms. The number of halogens is 1. The quantitative estimate of drug-likeness (QED) is 0.460. The second kappa shape index (κ2) is 11.5. The monoisotopic (exact) mass is 505 g/mol. The smallest absolute Gasteiger partial charge is 0.262 e. The second-order valence-corrected chi connectivity index (χ2v) is 9.46. The lowest BCUT2D eigenvalue weighted by molar-refractivity contribution is -0.118. The average Bonchev–Trinajstić information content (AvgIpc) is 2.90. The molecule has 2 amide bonds. The normalized spacial score (nSPS) is 13.4. The van der Waals surface area contributed by atoms with Crippen LogP contribution < -0.4 is 15.0 Å². The Kier molecular flexibility index (Phi) is 8.16. The van der Waals surface area contributed by atoms with E-state index in [2.05, 4.69) is 17.1 Å². The van der Waals surface area contributed by atoms with Crippen LogP contribution in [0.5, 0.6) is 5.75 Å². The number of rotatable bonds is 7. The molecule has 0 atom stereocenters. The lowest BCUT2D eigenvalue weighted by atomic mass is 10.1. The predicted molar refractivity (Wildman–Crippen MR) is 145 cm³/mol. The standard InChI is InChI=1S/C29H32ClN3O3/c1-4-22-5-7-23(8-6-22)29(35)33-15-13-32(14-16-33)25-11-9-24(10-12-25)31-27(34)19-36-26-17-20(2)28(30)21(3)18-26/h5-12,17-18H,4,13-16,19H2,1-3H3,(H,31,34). The van der Waals surface area contributed by atoms with Gasteiger partial charge in [0.15, 0.2) is 6.61 Å². The van der Waals surface area contributed by atoms with Crippen LogP contribution in [-0.4, -0.2) is 49.5 Å². The van der Waals surface area contributed by atoms with Gasteiger partial charge in [-0.2, -0.15) is 0 Å². The van der Waals surface area contributed by atoms with E-state index < -0.39 is 0 Å². The molecule has 0 saturated carbocycles. The molecule has 36 heavy (non-hydrogen) atoms. The fraction of sp³-hybridized carbons (Fsp3) is 0.310. The molecule has 0 bridgehead atoms. The minimum Gasteiger partial charge on any atom is -0.484 e. The summed E-state index contributed by atoms with van der Waals surface area (Å²) in [7, 11) is 0. The molecular weight excluding hydrogens is 474 g/mol. The Morgan fingerprint density at radius 2 is 1.53 bits per heavy atom. The Morgan fingerprint density at radius 1 is 0.917 bits per heavy atom. The van der Waals surface area contributed by atoms with Gasteiger partial charge >= 0.3 is 0 Å². The van der Waals surface area contributed by atoms with Gasteiger partial charge in [-0.15, -0.1) is 0 Å². The summed E-state index contributed by atoms with van der Waals surface area (Å²) < 4.78 is 5.64. The Morgan fingerprint density at radius 3 is 2.11 bits per heavy atom. The highest BCUT2D eigenvalue weighted by Crippen LogP contribution is 2.26. The Hall–Kier alpha value is -3.51. The molecule has 1 fully saturated rings. The van der Waals surface area contributed by atoms with Gasteiger partial charge in [-0.25, -0.2) is 0 Å². The van der Waals surface area contributed by atoms with E-state index in [4.69, 9.17) is 16.3 Å². The highest BCUT2D eigenvalue weighted by molar-refractivity contribution is 6.32. The van der Waals surface area contributed by atoms with Gasteiger partial charge in [0, 0.05) is 48.1 Å². The zero-order valence-corrected chi connectivity index (χ0v) is 21.8. The Labute approximate surface area is 217 Å². The summed E-state index contributed by atoms with van der Waals surface area (Å²) in [5, 5.41) is 3.58. The molecule has 6 nitrogen and oxygen atoms in total. The zero-order valence-electron chi connectivity index (χ0n) is 21.0. The molecule has 0 aromatic heterocycles. The number of carbonyl (C=O) groups is 2. The minimum absolute atomic E-state index is 0.0839. The van der Waals surface area contributed by atoms with Crippen molar-refractivity contribution in [3.05, 3.63) is 87.9 Å². The lowest BCUT2D eigenvalue weighted by Gasteiger charge is -2.36. The highest BCUT2D eigenvalue weighted by Gasteiger charge is 2.22. The lowest BCUT2D eigenvalue weighted by Crippen LogP contribution is -2.48. The summed E-state index contributed by atoms with van der Waals surface area (Å²) in [6.07, 6.45) is 0.965. The van der Waals surface area contributed by atoms with E-state index in [0.29, 0.717) is 29.5 Å². The molecule has 0 aliphatic carbocycles. The number of anilines is 2. The van der Waals surface area contributed by atoms with Crippen molar-refractivity contribution >= 4 is 34.8 Å². The summed E-state index contributed by atoms with van der Waals surface area (Å²) in [5.74, 6) is 0.476. The van der Waals surface area contributed by atoms with E-state index >= 15 is 0 Å². The number of nitrogens with one attached hydrogen (secondary N) is 1. The van der Waals surface area contributed by atoms with Crippen LogP contribution in [-0.2, 0) is 11.2 Å². The molecule has 1 aliphatic rings. The third-order valence-corrected chi connectivity index (χ3v) is 7.07. The van der Waals surface area contributed by atoms with Crippen molar-refractivity contribution in [3.63, 3.8) is 0 Å². The number of amides is 2. The predicted octanol–water partition coefficient (Wildman–Crippen LogP) is 5.50. The van der Waals surface area contributed by atoms with Crippen LogP contribution in [0.3, 0.4) is 0 Å². The van der Waals surface area contributed by atoms with E-state index in [9.17, 15) is 9.59 Å². The van der Waals surface area contributed by atoms with Crippen LogP contribution in [0.2, 0.25) is 5.02 Å². The third kappa shape index (κ3) is 6.18. The van der Waals surface area contributed by atoms with Gasteiger partial charge in [-0.05, 0) is 85.5 Å². The van der Waals surface area contributed by atoms with Crippen LogP contribution in [0.1, 0.15) is 34.0 Å². The van der Waals surface area contributed by atoms with Crippen molar-refractivity contribution in [3.8, 4) is 5.75 Å². The van der Waals surface area contributed by atoms with Crippen LogP contribution in [0.25, 0.3) is 0 Å². The van der Waals surface area contributed by atoms with Gasteiger partial charge in [-0.1, -0.05) is 30.7 Å². The maximum atomic E-state index is 12.8. The molecule has 3 aromatic rings. The van der Waals surface area contributed by atoms with Crippen molar-refractivity contribution in [2.24, 2.45) is 0 Å². The number of hydrogen-bond donors (Lipinski definition) is 1. The average molecular weight is 506 g/mol. The summed E-state index contributed by atoms with van der Waals surface area (Å²) >= 11 is 6.19. The fourth-order valence-corrected chi connectivity index (χ4v) is 4.43. The molecule has 1 aliphatic heterocycles. The number of benzene rings is 3. The SMILES string of the molecule is CCc1ccc(C(=O)N2CCN(c3ccc(NC(=O)COc4cc(C)c(Cl)c(C)c4)cc3)CC2)cc1. The molecule has 0 unspecified atom stereocenters. The minimum atomic E-state index is -0.230. The number of aryl methyl sites for hydroxylation is 3. The van der Waals surface area contributed by atoms with Gasteiger partial charge in [0.2, 0.25) is 0 Å². The van der Waals surface area contributed by atoms with E-state index in [0.717, 1.165) is 41.9 Å². The first-order valence-electron chi connectivity index (χ1n) is 12.3. The van der Waals surface area contributed by atoms with Crippen molar-refractivity contribution in [1.29, 1.82) is 0 Å². The number of nitrogens with zero attached hydrogens (tertiary/aromatic N) is 2.